The van der Waals surface area contributed by atoms with Crippen molar-refractivity contribution in [2.75, 3.05) is 0 Å². The van der Waals surface area contributed by atoms with Crippen LogP contribution < -0.4 is 4.74 Å². The van der Waals surface area contributed by atoms with Crippen molar-refractivity contribution in [2.45, 2.75) is 13.5 Å². The fourth-order valence-electron chi connectivity index (χ4n) is 3.79. The molecule has 4 aromatic carbocycles. The van der Waals surface area contributed by atoms with E-state index in [0.29, 0.717) is 17.9 Å². The van der Waals surface area contributed by atoms with Crippen molar-refractivity contribution in [1.82, 2.24) is 0 Å². The Morgan fingerprint density at radius 1 is 0.844 bits per heavy atom. The molecule has 156 valence electrons. The van der Waals surface area contributed by atoms with E-state index in [1.807, 2.05) is 97.9 Å². The highest BCUT2D eigenvalue weighted by Gasteiger charge is 2.23. The first-order chi connectivity index (χ1) is 15.7. The fourth-order valence-corrected chi connectivity index (χ4v) is 3.79. The number of carbonyl (C=O) groups is 1. The van der Waals surface area contributed by atoms with Crippen LogP contribution in [-0.4, -0.2) is 5.97 Å². The average molecular weight is 418 g/mol. The van der Waals surface area contributed by atoms with Crippen LogP contribution in [0.5, 0.6) is 5.75 Å². The number of esters is 1. The third-order valence-corrected chi connectivity index (χ3v) is 5.53. The Kier molecular flexibility index (Phi) is 5.30. The predicted molar refractivity (Wildman–Crippen MR) is 128 cm³/mol. The zero-order valence-electron chi connectivity index (χ0n) is 17.7. The maximum absolute atomic E-state index is 12.7. The topological polar surface area (TPSA) is 35.5 Å². The second-order valence-corrected chi connectivity index (χ2v) is 7.84. The number of hydrogen-bond donors (Lipinski definition) is 0. The molecule has 3 nitrogen and oxygen atoms in total. The summed E-state index contributed by atoms with van der Waals surface area (Å²) in [7, 11) is 0. The molecule has 0 atom stereocenters. The highest BCUT2D eigenvalue weighted by atomic mass is 16.5. The molecule has 0 saturated heterocycles. The maximum Gasteiger partial charge on any atom is 0.343 e. The van der Waals surface area contributed by atoms with E-state index >= 15 is 0 Å². The number of fused-ring (bicyclic) bond motifs is 1. The molecule has 1 heterocycles. The van der Waals surface area contributed by atoms with Crippen LogP contribution in [0.3, 0.4) is 0 Å². The van der Waals surface area contributed by atoms with Crippen molar-refractivity contribution in [3.63, 3.8) is 0 Å². The summed E-state index contributed by atoms with van der Waals surface area (Å²) in [5.74, 6) is 0.931. The Morgan fingerprint density at radius 3 is 2.41 bits per heavy atom. The molecule has 4 aromatic rings. The van der Waals surface area contributed by atoms with E-state index < -0.39 is 0 Å². The van der Waals surface area contributed by atoms with Gasteiger partial charge in [0.1, 0.15) is 18.1 Å². The van der Waals surface area contributed by atoms with Crippen molar-refractivity contribution in [3.05, 3.63) is 125 Å². The smallest absolute Gasteiger partial charge is 0.343 e. The molecule has 0 radical (unpaired) electrons. The van der Waals surface area contributed by atoms with Gasteiger partial charge in [-0.05, 0) is 41.5 Å². The zero-order valence-corrected chi connectivity index (χ0v) is 17.7. The Labute approximate surface area is 187 Å². The van der Waals surface area contributed by atoms with Crippen molar-refractivity contribution < 1.29 is 14.3 Å². The number of aryl methyl sites for hydroxylation is 1. The third-order valence-electron chi connectivity index (χ3n) is 5.53. The van der Waals surface area contributed by atoms with E-state index in [4.69, 9.17) is 9.47 Å². The average Bonchev–Trinajstić information content (AvgIpc) is 3.19. The molecule has 1 aliphatic heterocycles. The largest absolute Gasteiger partial charge is 0.488 e. The number of ether oxygens (including phenoxy) is 2. The van der Waals surface area contributed by atoms with Gasteiger partial charge in [0.05, 0.1) is 5.57 Å². The minimum Gasteiger partial charge on any atom is -0.488 e. The number of cyclic esters (lactones) is 1. The van der Waals surface area contributed by atoms with Gasteiger partial charge in [0.2, 0.25) is 0 Å². The summed E-state index contributed by atoms with van der Waals surface area (Å²) in [5, 5.41) is 2.11. The van der Waals surface area contributed by atoms with Gasteiger partial charge in [-0.25, -0.2) is 4.79 Å². The molecule has 0 aromatic heterocycles. The molecule has 3 heteroatoms. The van der Waals surface area contributed by atoms with Crippen LogP contribution in [0.2, 0.25) is 0 Å². The number of rotatable bonds is 5. The van der Waals surface area contributed by atoms with Crippen molar-refractivity contribution in [1.29, 1.82) is 0 Å². The van der Waals surface area contributed by atoms with Gasteiger partial charge in [-0.1, -0.05) is 90.5 Å². The quantitative estimate of drug-likeness (QED) is 0.267. The van der Waals surface area contributed by atoms with E-state index in [-0.39, 0.29) is 5.97 Å². The number of carbonyl (C=O) groups excluding carboxylic acids is 1. The first-order valence-electron chi connectivity index (χ1n) is 10.6. The van der Waals surface area contributed by atoms with Crippen molar-refractivity contribution in [2.24, 2.45) is 0 Å². The second-order valence-electron chi connectivity index (χ2n) is 7.84. The zero-order chi connectivity index (χ0) is 21.9. The Morgan fingerprint density at radius 2 is 1.59 bits per heavy atom. The minimum absolute atomic E-state index is 0.359. The molecule has 1 aliphatic rings. The lowest BCUT2D eigenvalue weighted by Gasteiger charge is -2.12. The standard InChI is InChI=1S/C29H22O3/c1-20-11-13-23(14-12-20)28-18-24(29(30)32-28)17-26-25-10-6-5-9-22(25)15-16-27(26)31-19-21-7-3-2-4-8-21/h2-18H,19H2,1H3/b24-17+. The lowest BCUT2D eigenvalue weighted by molar-refractivity contribution is -0.130. The third kappa shape index (κ3) is 4.06. The molecule has 32 heavy (non-hydrogen) atoms. The molecular formula is C29H22O3. The van der Waals surface area contributed by atoms with E-state index in [1.165, 1.54) is 0 Å². The Bertz CT molecular complexity index is 1350. The summed E-state index contributed by atoms with van der Waals surface area (Å²) in [4.78, 5) is 12.7. The van der Waals surface area contributed by atoms with Gasteiger partial charge in [0, 0.05) is 11.1 Å². The molecular weight excluding hydrogens is 396 g/mol. The Hall–Kier alpha value is -4.11. The van der Waals surface area contributed by atoms with Gasteiger partial charge in [0.15, 0.2) is 0 Å². The normalized spacial score (nSPS) is 14.5. The predicted octanol–water partition coefficient (Wildman–Crippen LogP) is 6.71. The van der Waals surface area contributed by atoms with Crippen molar-refractivity contribution >= 4 is 28.6 Å². The summed E-state index contributed by atoms with van der Waals surface area (Å²) in [5.41, 5.74) is 4.49. The van der Waals surface area contributed by atoms with E-state index in [2.05, 4.69) is 6.07 Å². The monoisotopic (exact) mass is 418 g/mol. The first-order valence-corrected chi connectivity index (χ1v) is 10.6. The molecule has 0 unspecified atom stereocenters. The molecule has 0 saturated carbocycles. The van der Waals surface area contributed by atoms with Gasteiger partial charge in [-0.2, -0.15) is 0 Å². The van der Waals surface area contributed by atoms with Crippen LogP contribution in [0, 0.1) is 6.92 Å². The van der Waals surface area contributed by atoms with Gasteiger partial charge in [-0.15, -0.1) is 0 Å². The molecule has 0 fully saturated rings. The van der Waals surface area contributed by atoms with Gasteiger partial charge < -0.3 is 9.47 Å². The van der Waals surface area contributed by atoms with Crippen LogP contribution in [0.4, 0.5) is 0 Å². The van der Waals surface area contributed by atoms with E-state index in [9.17, 15) is 4.79 Å². The fraction of sp³-hybridized carbons (Fsp3) is 0.0690. The Balaban J connectivity index is 1.55. The summed E-state index contributed by atoms with van der Waals surface area (Å²) >= 11 is 0. The second kappa shape index (κ2) is 8.56. The van der Waals surface area contributed by atoms with Crippen molar-refractivity contribution in [3.8, 4) is 5.75 Å². The number of hydrogen-bond acceptors (Lipinski definition) is 3. The highest BCUT2D eigenvalue weighted by molar-refractivity contribution is 6.07. The number of benzene rings is 4. The lowest BCUT2D eigenvalue weighted by atomic mass is 10.0. The van der Waals surface area contributed by atoms with Crippen LogP contribution in [0.15, 0.2) is 103 Å². The van der Waals surface area contributed by atoms with Gasteiger partial charge in [0.25, 0.3) is 0 Å². The van der Waals surface area contributed by atoms with Gasteiger partial charge in [-0.3, -0.25) is 0 Å². The molecule has 0 bridgehead atoms. The molecule has 0 N–H and O–H groups in total. The summed E-state index contributed by atoms with van der Waals surface area (Å²) in [6.07, 6.45) is 3.67. The van der Waals surface area contributed by atoms with Crippen LogP contribution >= 0.6 is 0 Å². The van der Waals surface area contributed by atoms with E-state index in [0.717, 1.165) is 38.8 Å². The first kappa shape index (κ1) is 19.8. The molecule has 0 spiro atoms. The van der Waals surface area contributed by atoms with E-state index in [1.54, 1.807) is 6.08 Å². The lowest BCUT2D eigenvalue weighted by Crippen LogP contribution is -2.00. The van der Waals surface area contributed by atoms with Gasteiger partial charge >= 0.3 is 5.97 Å². The van der Waals surface area contributed by atoms with Crippen LogP contribution in [0.25, 0.3) is 22.6 Å². The maximum atomic E-state index is 12.7. The summed E-state index contributed by atoms with van der Waals surface area (Å²) < 4.78 is 11.8. The SMILES string of the molecule is Cc1ccc(C2=C/C(=C\c3c(OCc4ccccc4)ccc4ccccc34)C(=O)O2)cc1. The molecule has 5 rings (SSSR count). The van der Waals surface area contributed by atoms with Crippen LogP contribution in [0.1, 0.15) is 22.3 Å². The highest BCUT2D eigenvalue weighted by Crippen LogP contribution is 2.34. The van der Waals surface area contributed by atoms with Crippen LogP contribution in [-0.2, 0) is 16.1 Å². The summed E-state index contributed by atoms with van der Waals surface area (Å²) in [6.45, 7) is 2.48. The summed E-state index contributed by atoms with van der Waals surface area (Å²) in [6, 6.07) is 30.1. The minimum atomic E-state index is -0.359. The molecule has 0 amide bonds. The molecule has 0 aliphatic carbocycles.